The molecule has 0 spiro atoms. The van der Waals surface area contributed by atoms with Gasteiger partial charge in [0.05, 0.1) is 6.04 Å². The summed E-state index contributed by atoms with van der Waals surface area (Å²) in [7, 11) is 0. The van der Waals surface area contributed by atoms with Crippen LogP contribution in [-0.4, -0.2) is 64.5 Å². The molecule has 2 atom stereocenters. The first-order valence-electron chi connectivity index (χ1n) is 16.1. The van der Waals surface area contributed by atoms with Crippen molar-refractivity contribution in [2.75, 3.05) is 6.54 Å². The summed E-state index contributed by atoms with van der Waals surface area (Å²) >= 11 is 1.71. The van der Waals surface area contributed by atoms with Gasteiger partial charge in [0, 0.05) is 47.8 Å². The number of esters is 1. The number of ether oxygens (including phenoxy) is 1. The van der Waals surface area contributed by atoms with Crippen LogP contribution in [0.5, 0.6) is 0 Å². The highest BCUT2D eigenvalue weighted by Gasteiger charge is 2.28. The average molecular weight is 676 g/mol. The number of imide groups is 1. The summed E-state index contributed by atoms with van der Waals surface area (Å²) < 4.78 is 5.32. The van der Waals surface area contributed by atoms with Crippen molar-refractivity contribution < 1.29 is 33.5 Å². The Morgan fingerprint density at radius 2 is 1.46 bits per heavy atom. The van der Waals surface area contributed by atoms with Gasteiger partial charge in [-0.15, -0.1) is 0 Å². The number of benzene rings is 2. The van der Waals surface area contributed by atoms with Gasteiger partial charge in [-0.25, -0.2) is 0 Å². The number of aryl methyl sites for hydroxylation is 1. The van der Waals surface area contributed by atoms with E-state index in [9.17, 15) is 28.8 Å². The first-order valence-corrected chi connectivity index (χ1v) is 16.9. The normalized spacial score (nSPS) is 14.2. The lowest BCUT2D eigenvalue weighted by molar-refractivity contribution is -0.155. The summed E-state index contributed by atoms with van der Waals surface area (Å²) in [5, 5.41) is 5.22. The van der Waals surface area contributed by atoms with Crippen molar-refractivity contribution in [1.29, 1.82) is 0 Å². The van der Waals surface area contributed by atoms with Crippen LogP contribution >= 0.6 is 11.8 Å². The van der Waals surface area contributed by atoms with Crippen LogP contribution in [0.2, 0.25) is 0 Å². The Hall–Kier alpha value is -4.51. The minimum atomic E-state index is -1.13. The number of nitrogens with zero attached hydrogens (tertiary/aromatic N) is 1. The van der Waals surface area contributed by atoms with E-state index in [0.29, 0.717) is 6.42 Å². The van der Waals surface area contributed by atoms with Gasteiger partial charge in [0.25, 0.3) is 11.8 Å². The highest BCUT2D eigenvalue weighted by Crippen LogP contribution is 2.28. The third kappa shape index (κ3) is 13.3. The first kappa shape index (κ1) is 37.9. The molecular formula is C37H45N3O7S. The molecule has 0 aromatic heterocycles. The van der Waals surface area contributed by atoms with Crippen molar-refractivity contribution in [2.24, 2.45) is 0 Å². The summed E-state index contributed by atoms with van der Waals surface area (Å²) in [4.78, 5) is 77.8. The fraction of sp³-hybridized carbons (Fsp3) is 0.405. The number of hydrogen-bond acceptors (Lipinski definition) is 8. The van der Waals surface area contributed by atoms with E-state index in [1.54, 1.807) is 39.5 Å². The van der Waals surface area contributed by atoms with E-state index in [0.717, 1.165) is 33.9 Å². The lowest BCUT2D eigenvalue weighted by Gasteiger charge is -2.23. The number of nitrogens with one attached hydrogen (secondary N) is 2. The minimum Gasteiger partial charge on any atom is -0.460 e. The molecule has 4 amide bonds. The fourth-order valence-electron chi connectivity index (χ4n) is 4.66. The fourth-order valence-corrected chi connectivity index (χ4v) is 5.48. The van der Waals surface area contributed by atoms with E-state index in [1.165, 1.54) is 10.5 Å². The molecule has 256 valence electrons. The lowest BCUT2D eigenvalue weighted by Crippen LogP contribution is -2.51. The van der Waals surface area contributed by atoms with E-state index in [4.69, 9.17) is 4.74 Å². The smallest absolute Gasteiger partial charge is 0.306 e. The van der Waals surface area contributed by atoms with Gasteiger partial charge in [0.1, 0.15) is 11.6 Å². The number of rotatable bonds is 17. The molecule has 1 heterocycles. The van der Waals surface area contributed by atoms with Gasteiger partial charge in [0.2, 0.25) is 11.8 Å². The van der Waals surface area contributed by atoms with Gasteiger partial charge >= 0.3 is 5.97 Å². The minimum absolute atomic E-state index is 0.0646. The van der Waals surface area contributed by atoms with Crippen molar-refractivity contribution >= 4 is 47.1 Å². The quantitative estimate of drug-likeness (QED) is 0.135. The molecule has 10 nitrogen and oxygen atoms in total. The number of amides is 4. The van der Waals surface area contributed by atoms with Crippen molar-refractivity contribution in [3.8, 4) is 0 Å². The predicted molar refractivity (Wildman–Crippen MR) is 184 cm³/mol. The monoisotopic (exact) mass is 675 g/mol. The molecule has 3 rings (SSSR count). The van der Waals surface area contributed by atoms with Crippen LogP contribution in [0.15, 0.2) is 82.6 Å². The second-order valence-corrected chi connectivity index (χ2v) is 13.8. The third-order valence-electron chi connectivity index (χ3n) is 7.27. The Bertz CT molecular complexity index is 1510. The van der Waals surface area contributed by atoms with Crippen molar-refractivity contribution in [3.05, 3.63) is 84.0 Å². The molecule has 0 saturated carbocycles. The molecule has 0 bridgehead atoms. The standard InChI is InChI=1S/C37H45N3O7S/c1-25-11-15-28(16-12-25)48-29-17-13-27(14-18-29)9-7-6-8-10-31(41)26(2)38-36(46)30(19-22-35(45)47-37(3,4)5)39-32(42)23-24-40-33(43)20-21-34(40)44/h6-7,11-18,20-21,26,30H,8-10,19,22-24H2,1-5H3,(H,38,46)(H,39,42)/b7-6+/t26-,30-/m0/s1. The van der Waals surface area contributed by atoms with Crippen LogP contribution in [-0.2, 0) is 39.9 Å². The Morgan fingerprint density at radius 3 is 2.06 bits per heavy atom. The summed E-state index contributed by atoms with van der Waals surface area (Å²) in [6, 6.07) is 14.8. The highest BCUT2D eigenvalue weighted by molar-refractivity contribution is 7.99. The Labute approximate surface area is 286 Å². The van der Waals surface area contributed by atoms with Gasteiger partial charge in [-0.2, -0.15) is 0 Å². The molecule has 0 aliphatic carbocycles. The van der Waals surface area contributed by atoms with E-state index in [-0.39, 0.29) is 38.0 Å². The molecule has 0 unspecified atom stereocenters. The summed E-state index contributed by atoms with van der Waals surface area (Å²) in [6.45, 7) is 8.65. The largest absolute Gasteiger partial charge is 0.460 e. The van der Waals surface area contributed by atoms with Gasteiger partial charge in [-0.1, -0.05) is 53.7 Å². The maximum atomic E-state index is 13.2. The molecule has 2 N–H and O–H groups in total. The maximum absolute atomic E-state index is 13.2. The molecular weight excluding hydrogens is 630 g/mol. The molecule has 0 radical (unpaired) electrons. The van der Waals surface area contributed by atoms with Crippen molar-refractivity contribution in [1.82, 2.24) is 15.5 Å². The number of Topliss-reactive ketones (excluding diaryl/α,β-unsaturated/α-hetero) is 1. The second-order valence-electron chi connectivity index (χ2n) is 12.6. The first-order chi connectivity index (χ1) is 22.7. The van der Waals surface area contributed by atoms with Crippen LogP contribution < -0.4 is 10.6 Å². The van der Waals surface area contributed by atoms with E-state index in [2.05, 4.69) is 66.1 Å². The van der Waals surface area contributed by atoms with Crippen LogP contribution in [0, 0.1) is 6.92 Å². The maximum Gasteiger partial charge on any atom is 0.306 e. The predicted octanol–water partition coefficient (Wildman–Crippen LogP) is 5.02. The molecule has 11 heteroatoms. The number of carbonyl (C=O) groups excluding carboxylic acids is 6. The van der Waals surface area contributed by atoms with Gasteiger partial charge in [-0.05, 0) is 83.7 Å². The van der Waals surface area contributed by atoms with Crippen molar-refractivity contribution in [3.63, 3.8) is 0 Å². The highest BCUT2D eigenvalue weighted by atomic mass is 32.2. The Kier molecular flexibility index (Phi) is 14.3. The van der Waals surface area contributed by atoms with Gasteiger partial charge < -0.3 is 15.4 Å². The lowest BCUT2D eigenvalue weighted by atomic mass is 10.1. The third-order valence-corrected chi connectivity index (χ3v) is 8.29. The molecule has 2 aromatic rings. The van der Waals surface area contributed by atoms with Crippen LogP contribution in [0.1, 0.15) is 70.9 Å². The van der Waals surface area contributed by atoms with Crippen LogP contribution in [0.4, 0.5) is 0 Å². The van der Waals surface area contributed by atoms with Crippen molar-refractivity contribution in [2.45, 2.75) is 101 Å². The molecule has 1 aliphatic rings. The number of allylic oxidation sites excluding steroid dienone is 2. The molecule has 0 fully saturated rings. The van der Waals surface area contributed by atoms with Gasteiger partial charge in [0.15, 0.2) is 5.78 Å². The van der Waals surface area contributed by atoms with Crippen LogP contribution in [0.25, 0.3) is 0 Å². The summed E-state index contributed by atoms with van der Waals surface area (Å²) in [6.07, 6.45) is 7.20. The summed E-state index contributed by atoms with van der Waals surface area (Å²) in [5.74, 6) is -2.96. The van der Waals surface area contributed by atoms with E-state index < -0.39 is 47.3 Å². The molecule has 2 aromatic carbocycles. The van der Waals surface area contributed by atoms with E-state index >= 15 is 0 Å². The van der Waals surface area contributed by atoms with Gasteiger partial charge in [-0.3, -0.25) is 33.7 Å². The molecule has 1 aliphatic heterocycles. The SMILES string of the molecule is Cc1ccc(Sc2ccc(C/C=C/CCC(=O)[C@H](C)NC(=O)[C@H](CCC(=O)OC(C)(C)C)NC(=O)CCN3C(=O)C=CC3=O)cc2)cc1. The van der Waals surface area contributed by atoms with Crippen LogP contribution in [0.3, 0.4) is 0 Å². The molecule has 0 saturated heterocycles. The zero-order chi connectivity index (χ0) is 35.3. The number of carbonyl (C=O) groups is 6. The Balaban J connectivity index is 1.46. The zero-order valence-corrected chi connectivity index (χ0v) is 29.1. The number of ketones is 1. The molecule has 48 heavy (non-hydrogen) atoms. The number of hydrogen-bond donors (Lipinski definition) is 2. The Morgan fingerprint density at radius 1 is 0.854 bits per heavy atom. The topological polar surface area (TPSA) is 139 Å². The zero-order valence-electron chi connectivity index (χ0n) is 28.2. The second kappa shape index (κ2) is 18.1. The van der Waals surface area contributed by atoms with E-state index in [1.807, 2.05) is 12.2 Å². The summed E-state index contributed by atoms with van der Waals surface area (Å²) in [5.41, 5.74) is 1.66. The average Bonchev–Trinajstić information content (AvgIpc) is 3.35.